The largest absolute Gasteiger partial charge is 0.295 e. The Hall–Kier alpha value is -0.880. The molecule has 1 aliphatic rings. The van der Waals surface area contributed by atoms with Crippen LogP contribution in [0.5, 0.6) is 0 Å². The van der Waals surface area contributed by atoms with E-state index in [0.29, 0.717) is 11.7 Å². The van der Waals surface area contributed by atoms with Gasteiger partial charge in [-0.3, -0.25) is 9.58 Å². The van der Waals surface area contributed by atoms with Crippen LogP contribution in [-0.2, 0) is 16.9 Å². The number of aromatic nitrogens is 2. The SMILES string of the molecule is CC(C)CCN1CCCS(=O)(=O)CC1c1cnn(C)c1. The molecule has 0 amide bonds. The van der Waals surface area contributed by atoms with Crippen LogP contribution in [0.25, 0.3) is 0 Å². The fourth-order valence-electron chi connectivity index (χ4n) is 2.68. The molecule has 0 spiro atoms. The van der Waals surface area contributed by atoms with Crippen molar-refractivity contribution in [2.45, 2.75) is 32.7 Å². The number of nitrogens with zero attached hydrogens (tertiary/aromatic N) is 3. The fraction of sp³-hybridized carbons (Fsp3) is 0.786. The maximum absolute atomic E-state index is 12.1. The molecule has 1 saturated heterocycles. The third kappa shape index (κ3) is 4.06. The number of aryl methyl sites for hydroxylation is 1. The Bertz CT molecular complexity index is 536. The molecule has 1 atom stereocenters. The average Bonchev–Trinajstić information content (AvgIpc) is 2.70. The Morgan fingerprint density at radius 1 is 1.45 bits per heavy atom. The lowest BCUT2D eigenvalue weighted by atomic mass is 10.1. The first-order valence-corrected chi connectivity index (χ1v) is 9.12. The van der Waals surface area contributed by atoms with E-state index >= 15 is 0 Å². The molecular weight excluding hydrogens is 274 g/mol. The van der Waals surface area contributed by atoms with Crippen LogP contribution in [0.15, 0.2) is 12.4 Å². The summed E-state index contributed by atoms with van der Waals surface area (Å²) in [5.74, 6) is 1.16. The maximum atomic E-state index is 12.1. The predicted octanol–water partition coefficient (Wildman–Crippen LogP) is 1.63. The number of rotatable bonds is 4. The fourth-order valence-corrected chi connectivity index (χ4v) is 4.30. The van der Waals surface area contributed by atoms with Crippen molar-refractivity contribution < 1.29 is 8.42 Å². The van der Waals surface area contributed by atoms with Crippen LogP contribution >= 0.6 is 0 Å². The van der Waals surface area contributed by atoms with Crippen molar-refractivity contribution in [2.75, 3.05) is 24.6 Å². The van der Waals surface area contributed by atoms with Gasteiger partial charge in [0.25, 0.3) is 0 Å². The smallest absolute Gasteiger partial charge is 0.152 e. The van der Waals surface area contributed by atoms with Crippen molar-refractivity contribution in [1.29, 1.82) is 0 Å². The third-order valence-corrected chi connectivity index (χ3v) is 5.59. The van der Waals surface area contributed by atoms with Crippen LogP contribution in [0.2, 0.25) is 0 Å². The minimum Gasteiger partial charge on any atom is -0.295 e. The quantitative estimate of drug-likeness (QED) is 0.848. The van der Waals surface area contributed by atoms with E-state index in [-0.39, 0.29) is 11.8 Å². The van der Waals surface area contributed by atoms with E-state index in [1.807, 2.05) is 13.2 Å². The van der Waals surface area contributed by atoms with Gasteiger partial charge in [-0.05, 0) is 31.8 Å². The van der Waals surface area contributed by atoms with Gasteiger partial charge in [-0.15, -0.1) is 0 Å². The molecule has 0 N–H and O–H groups in total. The van der Waals surface area contributed by atoms with Gasteiger partial charge in [-0.25, -0.2) is 8.42 Å². The Kier molecular flexibility index (Phi) is 4.86. The van der Waals surface area contributed by atoms with Gasteiger partial charge in [0.05, 0.1) is 23.7 Å². The van der Waals surface area contributed by atoms with E-state index in [1.54, 1.807) is 10.9 Å². The zero-order valence-electron chi connectivity index (χ0n) is 12.6. The molecular formula is C14H25N3O2S. The van der Waals surface area contributed by atoms with Crippen LogP contribution in [0.4, 0.5) is 0 Å². The van der Waals surface area contributed by atoms with Gasteiger partial charge in [-0.2, -0.15) is 5.10 Å². The van der Waals surface area contributed by atoms with Gasteiger partial charge < -0.3 is 0 Å². The predicted molar refractivity (Wildman–Crippen MR) is 80.2 cm³/mol. The molecule has 0 bridgehead atoms. The summed E-state index contributed by atoms with van der Waals surface area (Å²) in [6, 6.07) is -0.0463. The second-order valence-corrected chi connectivity index (χ2v) is 8.38. The van der Waals surface area contributed by atoms with Crippen LogP contribution in [0, 0.1) is 5.92 Å². The first kappa shape index (κ1) is 15.5. The molecule has 2 rings (SSSR count). The molecule has 6 heteroatoms. The normalized spacial score (nSPS) is 23.9. The highest BCUT2D eigenvalue weighted by atomic mass is 32.2. The molecule has 20 heavy (non-hydrogen) atoms. The van der Waals surface area contributed by atoms with E-state index in [2.05, 4.69) is 23.8 Å². The summed E-state index contributed by atoms with van der Waals surface area (Å²) in [5, 5.41) is 4.20. The van der Waals surface area contributed by atoms with Crippen molar-refractivity contribution in [1.82, 2.24) is 14.7 Å². The van der Waals surface area contributed by atoms with Crippen LogP contribution in [0.1, 0.15) is 38.3 Å². The Balaban J connectivity index is 2.22. The summed E-state index contributed by atoms with van der Waals surface area (Å²) in [6.07, 6.45) is 5.57. The summed E-state index contributed by atoms with van der Waals surface area (Å²) in [6.45, 7) is 6.21. The van der Waals surface area contributed by atoms with E-state index in [4.69, 9.17) is 0 Å². The van der Waals surface area contributed by atoms with Crippen molar-refractivity contribution in [3.05, 3.63) is 18.0 Å². The summed E-state index contributed by atoms with van der Waals surface area (Å²) in [5.41, 5.74) is 1.02. The molecule has 0 aromatic carbocycles. The van der Waals surface area contributed by atoms with Crippen molar-refractivity contribution in [3.63, 3.8) is 0 Å². The van der Waals surface area contributed by atoms with E-state index in [1.165, 1.54) is 0 Å². The molecule has 1 unspecified atom stereocenters. The lowest BCUT2D eigenvalue weighted by molar-refractivity contribution is 0.206. The summed E-state index contributed by atoms with van der Waals surface area (Å²) in [4.78, 5) is 2.32. The second kappa shape index (κ2) is 6.26. The van der Waals surface area contributed by atoms with Crippen molar-refractivity contribution in [2.24, 2.45) is 13.0 Å². The van der Waals surface area contributed by atoms with Crippen molar-refractivity contribution >= 4 is 9.84 Å². The first-order valence-electron chi connectivity index (χ1n) is 7.30. The molecule has 1 aromatic rings. The lowest BCUT2D eigenvalue weighted by Gasteiger charge is -2.29. The standard InChI is InChI=1S/C14H25N3O2S/c1-12(2)5-7-17-6-4-8-20(18,19)11-14(17)13-9-15-16(3)10-13/h9-10,12,14H,4-8,11H2,1-3H3. The molecule has 0 radical (unpaired) electrons. The van der Waals surface area contributed by atoms with Crippen LogP contribution in [0.3, 0.4) is 0 Å². The third-order valence-electron chi connectivity index (χ3n) is 3.86. The van der Waals surface area contributed by atoms with Gasteiger partial charge in [0.1, 0.15) is 0 Å². The van der Waals surface area contributed by atoms with Crippen LogP contribution in [-0.4, -0.2) is 47.7 Å². The molecule has 2 heterocycles. The topological polar surface area (TPSA) is 55.2 Å². The molecule has 1 aliphatic heterocycles. The minimum atomic E-state index is -2.96. The lowest BCUT2D eigenvalue weighted by Crippen LogP contribution is -2.32. The molecule has 1 aromatic heterocycles. The van der Waals surface area contributed by atoms with Gasteiger partial charge in [0, 0.05) is 18.8 Å². The first-order chi connectivity index (χ1) is 9.37. The molecule has 0 saturated carbocycles. The number of hydrogen-bond donors (Lipinski definition) is 0. The Morgan fingerprint density at radius 2 is 2.20 bits per heavy atom. The van der Waals surface area contributed by atoms with E-state index < -0.39 is 9.84 Å². The summed E-state index contributed by atoms with van der Waals surface area (Å²) >= 11 is 0. The Labute approximate surface area is 121 Å². The van der Waals surface area contributed by atoms with Crippen LogP contribution < -0.4 is 0 Å². The van der Waals surface area contributed by atoms with E-state index in [9.17, 15) is 8.42 Å². The summed E-state index contributed by atoms with van der Waals surface area (Å²) < 4.78 is 25.9. The highest BCUT2D eigenvalue weighted by Crippen LogP contribution is 2.26. The Morgan fingerprint density at radius 3 is 2.80 bits per heavy atom. The minimum absolute atomic E-state index is 0.0463. The monoisotopic (exact) mass is 299 g/mol. The maximum Gasteiger partial charge on any atom is 0.152 e. The van der Waals surface area contributed by atoms with Gasteiger partial charge >= 0.3 is 0 Å². The number of sulfone groups is 1. The number of hydrogen-bond acceptors (Lipinski definition) is 4. The van der Waals surface area contributed by atoms with Gasteiger partial charge in [0.2, 0.25) is 0 Å². The van der Waals surface area contributed by atoms with E-state index in [0.717, 1.165) is 31.5 Å². The van der Waals surface area contributed by atoms with Crippen molar-refractivity contribution in [3.8, 4) is 0 Å². The highest BCUT2D eigenvalue weighted by molar-refractivity contribution is 7.91. The van der Waals surface area contributed by atoms with Gasteiger partial charge in [0.15, 0.2) is 9.84 Å². The second-order valence-electron chi connectivity index (χ2n) is 6.15. The highest BCUT2D eigenvalue weighted by Gasteiger charge is 2.30. The zero-order chi connectivity index (χ0) is 14.8. The summed E-state index contributed by atoms with van der Waals surface area (Å²) in [7, 11) is -1.09. The average molecular weight is 299 g/mol. The molecule has 1 fully saturated rings. The van der Waals surface area contributed by atoms with Gasteiger partial charge in [-0.1, -0.05) is 13.8 Å². The molecule has 5 nitrogen and oxygen atoms in total. The molecule has 0 aliphatic carbocycles. The zero-order valence-corrected chi connectivity index (χ0v) is 13.4. The molecule has 114 valence electrons.